The van der Waals surface area contributed by atoms with Gasteiger partial charge in [-0.25, -0.2) is 4.39 Å². The summed E-state index contributed by atoms with van der Waals surface area (Å²) in [6.45, 7) is 0.423. The number of carbonyl (C=O) groups is 3. The summed E-state index contributed by atoms with van der Waals surface area (Å²) in [5, 5.41) is 13.6. The lowest BCUT2D eigenvalue weighted by atomic mass is 10.2. The molecular formula is C15H19FN2O4. The number of carbonyl (C=O) groups excluding carboxylic acids is 2. The van der Waals surface area contributed by atoms with Gasteiger partial charge >= 0.3 is 5.97 Å². The molecule has 6 nitrogen and oxygen atoms in total. The Labute approximate surface area is 127 Å². The number of amides is 2. The van der Waals surface area contributed by atoms with Crippen LogP contribution in [0.25, 0.3) is 0 Å². The smallest absolute Gasteiger partial charge is 0.303 e. The van der Waals surface area contributed by atoms with E-state index in [-0.39, 0.29) is 37.4 Å². The molecule has 0 aliphatic carbocycles. The van der Waals surface area contributed by atoms with E-state index in [1.54, 1.807) is 6.07 Å². The molecule has 1 rings (SSSR count). The van der Waals surface area contributed by atoms with Crippen LogP contribution in [-0.4, -0.2) is 36.0 Å². The van der Waals surface area contributed by atoms with E-state index in [0.29, 0.717) is 12.8 Å². The van der Waals surface area contributed by atoms with Crippen molar-refractivity contribution < 1.29 is 23.9 Å². The van der Waals surface area contributed by atoms with Gasteiger partial charge in [0.25, 0.3) is 5.91 Å². The molecule has 0 heterocycles. The number of hydrogen-bond donors (Lipinski definition) is 3. The fourth-order valence-corrected chi connectivity index (χ4v) is 1.77. The predicted octanol–water partition coefficient (Wildman–Crippen LogP) is 1.32. The van der Waals surface area contributed by atoms with E-state index >= 15 is 0 Å². The van der Waals surface area contributed by atoms with Crippen LogP contribution in [0.15, 0.2) is 24.3 Å². The fraction of sp³-hybridized carbons (Fsp3) is 0.400. The van der Waals surface area contributed by atoms with Gasteiger partial charge in [-0.1, -0.05) is 12.1 Å². The van der Waals surface area contributed by atoms with E-state index in [4.69, 9.17) is 5.11 Å². The van der Waals surface area contributed by atoms with Gasteiger partial charge in [-0.3, -0.25) is 14.4 Å². The maximum Gasteiger partial charge on any atom is 0.303 e. The second-order valence-corrected chi connectivity index (χ2v) is 4.69. The Morgan fingerprint density at radius 3 is 2.32 bits per heavy atom. The molecule has 0 unspecified atom stereocenters. The average Bonchev–Trinajstić information content (AvgIpc) is 2.48. The van der Waals surface area contributed by atoms with Crippen molar-refractivity contribution in [3.63, 3.8) is 0 Å². The Bertz CT molecular complexity index is 534. The van der Waals surface area contributed by atoms with E-state index in [2.05, 4.69) is 10.6 Å². The molecule has 0 aliphatic heterocycles. The summed E-state index contributed by atoms with van der Waals surface area (Å²) in [6.07, 6.45) is 1.24. The molecule has 0 radical (unpaired) electrons. The van der Waals surface area contributed by atoms with Crippen molar-refractivity contribution in [3.05, 3.63) is 35.6 Å². The van der Waals surface area contributed by atoms with Crippen LogP contribution >= 0.6 is 0 Å². The van der Waals surface area contributed by atoms with Gasteiger partial charge in [0.1, 0.15) is 5.82 Å². The van der Waals surface area contributed by atoms with E-state index in [0.717, 1.165) is 0 Å². The number of hydrogen-bond acceptors (Lipinski definition) is 3. The third-order valence-electron chi connectivity index (χ3n) is 2.90. The minimum Gasteiger partial charge on any atom is -0.481 e. The van der Waals surface area contributed by atoms with Gasteiger partial charge in [0.05, 0.1) is 5.56 Å². The van der Waals surface area contributed by atoms with Gasteiger partial charge in [0, 0.05) is 25.9 Å². The molecule has 22 heavy (non-hydrogen) atoms. The van der Waals surface area contributed by atoms with Crippen LogP contribution < -0.4 is 10.6 Å². The number of carboxylic acid groups (broad SMARTS) is 1. The first kappa shape index (κ1) is 17.6. The number of carboxylic acids is 1. The van der Waals surface area contributed by atoms with Crippen molar-refractivity contribution in [1.29, 1.82) is 0 Å². The second kappa shape index (κ2) is 9.49. The van der Waals surface area contributed by atoms with Crippen LogP contribution in [0, 0.1) is 5.82 Å². The zero-order valence-corrected chi connectivity index (χ0v) is 12.1. The summed E-state index contributed by atoms with van der Waals surface area (Å²) >= 11 is 0. The first-order valence-corrected chi connectivity index (χ1v) is 7.02. The Balaban J connectivity index is 2.14. The molecule has 0 saturated carbocycles. The van der Waals surface area contributed by atoms with Gasteiger partial charge in [0.15, 0.2) is 0 Å². The molecule has 0 saturated heterocycles. The summed E-state index contributed by atoms with van der Waals surface area (Å²) in [6, 6.07) is 5.65. The van der Waals surface area contributed by atoms with E-state index < -0.39 is 17.7 Å². The van der Waals surface area contributed by atoms with Crippen LogP contribution in [0.4, 0.5) is 4.39 Å². The summed E-state index contributed by atoms with van der Waals surface area (Å²) in [4.78, 5) is 33.4. The first-order chi connectivity index (χ1) is 10.5. The topological polar surface area (TPSA) is 95.5 Å². The second-order valence-electron chi connectivity index (χ2n) is 4.69. The van der Waals surface area contributed by atoms with Crippen LogP contribution in [-0.2, 0) is 9.59 Å². The van der Waals surface area contributed by atoms with Crippen LogP contribution in [0.3, 0.4) is 0 Å². The third-order valence-corrected chi connectivity index (χ3v) is 2.90. The summed E-state index contributed by atoms with van der Waals surface area (Å²) in [7, 11) is 0. The minimum atomic E-state index is -0.878. The maximum absolute atomic E-state index is 13.3. The van der Waals surface area contributed by atoms with Crippen LogP contribution in [0.1, 0.15) is 36.0 Å². The molecule has 3 N–H and O–H groups in total. The molecule has 0 spiro atoms. The average molecular weight is 310 g/mol. The van der Waals surface area contributed by atoms with E-state index in [1.807, 2.05) is 0 Å². The molecule has 120 valence electrons. The van der Waals surface area contributed by atoms with Crippen molar-refractivity contribution in [1.82, 2.24) is 10.6 Å². The number of unbranched alkanes of at least 4 members (excludes halogenated alkanes) is 1. The van der Waals surface area contributed by atoms with Crippen molar-refractivity contribution in [2.24, 2.45) is 0 Å². The van der Waals surface area contributed by atoms with Crippen LogP contribution in [0.5, 0.6) is 0 Å². The molecule has 2 amide bonds. The molecule has 7 heteroatoms. The number of halogens is 1. The van der Waals surface area contributed by atoms with E-state index in [9.17, 15) is 18.8 Å². The fourth-order valence-electron chi connectivity index (χ4n) is 1.77. The molecule has 1 aromatic carbocycles. The Morgan fingerprint density at radius 2 is 1.64 bits per heavy atom. The van der Waals surface area contributed by atoms with Crippen molar-refractivity contribution in [2.45, 2.75) is 25.7 Å². The quantitative estimate of drug-likeness (QED) is 0.599. The van der Waals surface area contributed by atoms with Gasteiger partial charge in [-0.2, -0.15) is 0 Å². The highest BCUT2D eigenvalue weighted by Crippen LogP contribution is 2.05. The Hall–Kier alpha value is -2.44. The molecular weight excluding hydrogens is 291 g/mol. The Kier molecular flexibility index (Phi) is 7.60. The molecule has 0 bridgehead atoms. The largest absolute Gasteiger partial charge is 0.481 e. The third kappa shape index (κ3) is 6.83. The Morgan fingerprint density at radius 1 is 1.00 bits per heavy atom. The van der Waals surface area contributed by atoms with Crippen molar-refractivity contribution >= 4 is 17.8 Å². The highest BCUT2D eigenvalue weighted by atomic mass is 19.1. The minimum absolute atomic E-state index is 0.0394. The first-order valence-electron chi connectivity index (χ1n) is 7.02. The van der Waals surface area contributed by atoms with Gasteiger partial charge < -0.3 is 15.7 Å². The van der Waals surface area contributed by atoms with Crippen LogP contribution in [0.2, 0.25) is 0 Å². The maximum atomic E-state index is 13.3. The number of rotatable bonds is 9. The summed E-state index contributed by atoms with van der Waals surface area (Å²) in [5.41, 5.74) is -0.0394. The van der Waals surface area contributed by atoms with Gasteiger partial charge in [0.2, 0.25) is 5.91 Å². The number of benzene rings is 1. The molecule has 1 aromatic rings. The lowest BCUT2D eigenvalue weighted by Gasteiger charge is -2.07. The zero-order chi connectivity index (χ0) is 16.4. The highest BCUT2D eigenvalue weighted by molar-refractivity contribution is 5.94. The number of aliphatic carboxylic acids is 1. The molecule has 0 atom stereocenters. The summed E-state index contributed by atoms with van der Waals surface area (Å²) in [5.74, 6) is -2.21. The van der Waals surface area contributed by atoms with Crippen molar-refractivity contribution in [3.8, 4) is 0 Å². The summed E-state index contributed by atoms with van der Waals surface area (Å²) < 4.78 is 13.3. The zero-order valence-electron chi connectivity index (χ0n) is 12.1. The predicted molar refractivity (Wildman–Crippen MR) is 77.8 cm³/mol. The monoisotopic (exact) mass is 310 g/mol. The van der Waals surface area contributed by atoms with Crippen molar-refractivity contribution in [2.75, 3.05) is 13.1 Å². The lowest BCUT2D eigenvalue weighted by Crippen LogP contribution is -2.34. The molecule has 0 fully saturated rings. The van der Waals surface area contributed by atoms with Gasteiger partial charge in [-0.05, 0) is 25.0 Å². The molecule has 0 aromatic heterocycles. The SMILES string of the molecule is O=C(O)CCCCC(=O)NCCNC(=O)c1ccccc1F. The highest BCUT2D eigenvalue weighted by Gasteiger charge is 2.09. The normalized spacial score (nSPS) is 10.0. The standard InChI is InChI=1S/C15H19FN2O4/c16-12-6-2-1-5-11(12)15(22)18-10-9-17-13(19)7-3-4-8-14(20)21/h1-2,5-6H,3-4,7-10H2,(H,17,19)(H,18,22)(H,20,21). The molecule has 0 aliphatic rings. The van der Waals surface area contributed by atoms with E-state index in [1.165, 1.54) is 18.2 Å². The van der Waals surface area contributed by atoms with Gasteiger partial charge in [-0.15, -0.1) is 0 Å². The lowest BCUT2D eigenvalue weighted by molar-refractivity contribution is -0.137. The number of nitrogens with one attached hydrogen (secondary N) is 2.